The molecule has 128 valence electrons. The van der Waals surface area contributed by atoms with Gasteiger partial charge in [-0.25, -0.2) is 0 Å². The number of fused-ring (bicyclic) bond motifs is 1. The Morgan fingerprint density at radius 2 is 1.83 bits per heavy atom. The summed E-state index contributed by atoms with van der Waals surface area (Å²) in [6.07, 6.45) is 1.04. The maximum absolute atomic E-state index is 5.67. The Balaban J connectivity index is 2.03. The van der Waals surface area contributed by atoms with Gasteiger partial charge >= 0.3 is 0 Å². The summed E-state index contributed by atoms with van der Waals surface area (Å²) in [6, 6.07) is 13.2. The van der Waals surface area contributed by atoms with Crippen molar-refractivity contribution in [2.75, 3.05) is 20.3 Å². The van der Waals surface area contributed by atoms with Crippen molar-refractivity contribution in [3.63, 3.8) is 0 Å². The Bertz CT molecular complexity index is 709. The molecule has 1 aliphatic heterocycles. The molecule has 2 aromatic carbocycles. The van der Waals surface area contributed by atoms with Gasteiger partial charge in [0.05, 0.1) is 19.8 Å². The molecule has 3 heteroatoms. The summed E-state index contributed by atoms with van der Waals surface area (Å²) in [4.78, 5) is 0. The van der Waals surface area contributed by atoms with Gasteiger partial charge in [0.15, 0.2) is 0 Å². The molecule has 0 fully saturated rings. The highest BCUT2D eigenvalue weighted by atomic mass is 16.5. The van der Waals surface area contributed by atoms with Gasteiger partial charge < -0.3 is 14.8 Å². The van der Waals surface area contributed by atoms with Crippen LogP contribution in [0.5, 0.6) is 11.5 Å². The van der Waals surface area contributed by atoms with Crippen LogP contribution in [0.15, 0.2) is 36.4 Å². The van der Waals surface area contributed by atoms with Crippen LogP contribution in [-0.2, 0) is 6.42 Å². The van der Waals surface area contributed by atoms with Crippen LogP contribution in [0.25, 0.3) is 0 Å². The molecule has 0 saturated carbocycles. The van der Waals surface area contributed by atoms with Crippen molar-refractivity contribution in [3.8, 4) is 11.5 Å². The molecule has 1 unspecified atom stereocenters. The van der Waals surface area contributed by atoms with E-state index in [1.54, 1.807) is 7.11 Å². The smallest absolute Gasteiger partial charge is 0.119 e. The number of nitrogens with one attached hydrogen (secondary N) is 1. The number of hydrogen-bond acceptors (Lipinski definition) is 3. The molecule has 0 spiro atoms. The van der Waals surface area contributed by atoms with Gasteiger partial charge in [0.1, 0.15) is 11.5 Å². The molecule has 0 aromatic heterocycles. The van der Waals surface area contributed by atoms with E-state index < -0.39 is 0 Å². The van der Waals surface area contributed by atoms with E-state index in [4.69, 9.17) is 9.47 Å². The van der Waals surface area contributed by atoms with Crippen LogP contribution in [0.3, 0.4) is 0 Å². The highest BCUT2D eigenvalue weighted by Crippen LogP contribution is 2.36. The fraction of sp³-hybridized carbons (Fsp3) is 0.429. The summed E-state index contributed by atoms with van der Waals surface area (Å²) in [5, 5.41) is 3.69. The SMILES string of the molecule is CCOc1ccc2c(c1)CCNC2c1ccc(OC)cc1C(C)C. The fourth-order valence-corrected chi connectivity index (χ4v) is 3.52. The second-order valence-electron chi connectivity index (χ2n) is 6.58. The van der Waals surface area contributed by atoms with Crippen LogP contribution in [0, 0.1) is 0 Å². The second kappa shape index (κ2) is 7.27. The summed E-state index contributed by atoms with van der Waals surface area (Å²) in [5.74, 6) is 2.34. The van der Waals surface area contributed by atoms with Crippen molar-refractivity contribution in [3.05, 3.63) is 58.7 Å². The molecular weight excluding hydrogens is 298 g/mol. The zero-order chi connectivity index (χ0) is 17.1. The first kappa shape index (κ1) is 16.8. The van der Waals surface area contributed by atoms with E-state index in [1.807, 2.05) is 6.92 Å². The van der Waals surface area contributed by atoms with Gasteiger partial charge in [-0.15, -0.1) is 0 Å². The first-order valence-electron chi connectivity index (χ1n) is 8.80. The summed E-state index contributed by atoms with van der Waals surface area (Å²) in [6.45, 7) is 8.18. The normalized spacial score (nSPS) is 16.8. The lowest BCUT2D eigenvalue weighted by Crippen LogP contribution is -2.31. The average molecular weight is 325 g/mol. The van der Waals surface area contributed by atoms with E-state index in [-0.39, 0.29) is 6.04 Å². The lowest BCUT2D eigenvalue weighted by Gasteiger charge is -2.30. The molecule has 2 aromatic rings. The first-order valence-corrected chi connectivity index (χ1v) is 8.80. The number of benzene rings is 2. The molecule has 0 saturated heterocycles. The third-order valence-corrected chi connectivity index (χ3v) is 4.71. The molecule has 0 bridgehead atoms. The molecule has 1 heterocycles. The maximum atomic E-state index is 5.67. The molecular formula is C21H27NO2. The van der Waals surface area contributed by atoms with E-state index >= 15 is 0 Å². The van der Waals surface area contributed by atoms with Crippen molar-refractivity contribution >= 4 is 0 Å². The van der Waals surface area contributed by atoms with Crippen LogP contribution >= 0.6 is 0 Å². The quantitative estimate of drug-likeness (QED) is 0.881. The van der Waals surface area contributed by atoms with Crippen LogP contribution in [0.1, 0.15) is 55.0 Å². The van der Waals surface area contributed by atoms with Crippen molar-refractivity contribution in [2.45, 2.75) is 39.2 Å². The predicted molar refractivity (Wildman–Crippen MR) is 98.2 cm³/mol. The zero-order valence-corrected chi connectivity index (χ0v) is 15.1. The third-order valence-electron chi connectivity index (χ3n) is 4.71. The fourth-order valence-electron chi connectivity index (χ4n) is 3.52. The Labute approximate surface area is 145 Å². The Kier molecular flexibility index (Phi) is 5.10. The Morgan fingerprint density at radius 3 is 2.54 bits per heavy atom. The largest absolute Gasteiger partial charge is 0.497 e. The molecule has 0 amide bonds. The average Bonchev–Trinajstić information content (AvgIpc) is 2.60. The molecule has 24 heavy (non-hydrogen) atoms. The van der Waals surface area contributed by atoms with Crippen molar-refractivity contribution in [1.82, 2.24) is 5.32 Å². The third kappa shape index (κ3) is 3.27. The minimum absolute atomic E-state index is 0.229. The van der Waals surface area contributed by atoms with Crippen molar-refractivity contribution < 1.29 is 9.47 Å². The van der Waals surface area contributed by atoms with E-state index in [1.165, 1.54) is 22.3 Å². The van der Waals surface area contributed by atoms with E-state index in [0.717, 1.165) is 24.5 Å². The minimum Gasteiger partial charge on any atom is -0.497 e. The predicted octanol–water partition coefficient (Wildman–Crippen LogP) is 4.45. The monoisotopic (exact) mass is 325 g/mol. The molecule has 1 atom stereocenters. The molecule has 3 nitrogen and oxygen atoms in total. The van der Waals surface area contributed by atoms with Crippen LogP contribution < -0.4 is 14.8 Å². The highest BCUT2D eigenvalue weighted by Gasteiger charge is 2.24. The molecule has 1 N–H and O–H groups in total. The summed E-state index contributed by atoms with van der Waals surface area (Å²) in [5.41, 5.74) is 5.43. The van der Waals surface area contributed by atoms with E-state index in [2.05, 4.69) is 55.6 Å². The lowest BCUT2D eigenvalue weighted by atomic mass is 9.85. The number of rotatable bonds is 5. The van der Waals surface area contributed by atoms with Crippen LogP contribution in [-0.4, -0.2) is 20.3 Å². The van der Waals surface area contributed by atoms with Gasteiger partial charge in [-0.2, -0.15) is 0 Å². The van der Waals surface area contributed by atoms with Crippen LogP contribution in [0.2, 0.25) is 0 Å². The molecule has 0 aliphatic carbocycles. The summed E-state index contributed by atoms with van der Waals surface area (Å²) >= 11 is 0. The number of hydrogen-bond donors (Lipinski definition) is 1. The molecule has 3 rings (SSSR count). The summed E-state index contributed by atoms with van der Waals surface area (Å²) < 4.78 is 11.1. The number of ether oxygens (including phenoxy) is 2. The summed E-state index contributed by atoms with van der Waals surface area (Å²) in [7, 11) is 1.72. The Hall–Kier alpha value is -2.00. The van der Waals surface area contributed by atoms with Gasteiger partial charge in [-0.3, -0.25) is 0 Å². The topological polar surface area (TPSA) is 30.5 Å². The van der Waals surface area contributed by atoms with Gasteiger partial charge in [0.2, 0.25) is 0 Å². The highest BCUT2D eigenvalue weighted by molar-refractivity contribution is 5.48. The van der Waals surface area contributed by atoms with Crippen LogP contribution in [0.4, 0.5) is 0 Å². The molecule has 1 aliphatic rings. The second-order valence-corrected chi connectivity index (χ2v) is 6.58. The standard InChI is InChI=1S/C21H27NO2/c1-5-24-17-7-8-18-15(12-17)10-11-22-21(18)19-9-6-16(23-4)13-20(19)14(2)3/h6-9,12-14,21-22H,5,10-11H2,1-4H3. The zero-order valence-electron chi connectivity index (χ0n) is 15.1. The lowest BCUT2D eigenvalue weighted by molar-refractivity contribution is 0.339. The maximum Gasteiger partial charge on any atom is 0.119 e. The minimum atomic E-state index is 0.229. The van der Waals surface area contributed by atoms with Crippen molar-refractivity contribution in [1.29, 1.82) is 0 Å². The van der Waals surface area contributed by atoms with E-state index in [0.29, 0.717) is 12.5 Å². The van der Waals surface area contributed by atoms with Gasteiger partial charge in [-0.1, -0.05) is 26.0 Å². The van der Waals surface area contributed by atoms with Crippen molar-refractivity contribution in [2.24, 2.45) is 0 Å². The molecule has 0 radical (unpaired) electrons. The van der Waals surface area contributed by atoms with Gasteiger partial charge in [0.25, 0.3) is 0 Å². The van der Waals surface area contributed by atoms with Gasteiger partial charge in [0, 0.05) is 6.54 Å². The first-order chi connectivity index (χ1) is 11.6. The van der Waals surface area contributed by atoms with E-state index in [9.17, 15) is 0 Å². The van der Waals surface area contributed by atoms with Gasteiger partial charge in [-0.05, 0) is 65.8 Å². The number of methoxy groups -OCH3 is 1. The Morgan fingerprint density at radius 1 is 1.08 bits per heavy atom.